The van der Waals surface area contributed by atoms with Crippen molar-refractivity contribution in [1.29, 1.82) is 0 Å². The number of carbonyl (C=O) groups excluding carboxylic acids is 2. The number of hydrogen-bond acceptors (Lipinski definition) is 7. The van der Waals surface area contributed by atoms with Gasteiger partial charge in [0.2, 0.25) is 0 Å². The maximum Gasteiger partial charge on any atom is 0.347 e. The predicted octanol–water partition coefficient (Wildman–Crippen LogP) is 1.43. The third kappa shape index (κ3) is 5.60. The van der Waals surface area contributed by atoms with E-state index in [4.69, 9.17) is 14.2 Å². The van der Waals surface area contributed by atoms with E-state index in [-0.39, 0.29) is 17.5 Å². The van der Waals surface area contributed by atoms with Crippen LogP contribution in [-0.2, 0) is 24.2 Å². The third-order valence-electron chi connectivity index (χ3n) is 4.62. The molecular weight excluding hydrogens is 386 g/mol. The van der Waals surface area contributed by atoms with Crippen LogP contribution >= 0.6 is 0 Å². The Balaban J connectivity index is 1.92. The van der Waals surface area contributed by atoms with Crippen molar-refractivity contribution < 1.29 is 32.2 Å². The van der Waals surface area contributed by atoms with E-state index in [2.05, 4.69) is 0 Å². The fraction of sp³-hybridized carbons (Fsp3) is 0.579. The quantitative estimate of drug-likeness (QED) is 0.595. The number of carbonyl (C=O) groups is 2. The van der Waals surface area contributed by atoms with Gasteiger partial charge in [-0.2, -0.15) is 0 Å². The summed E-state index contributed by atoms with van der Waals surface area (Å²) in [6.45, 7) is 5.13. The molecular formula is C19H27NO7S. The highest BCUT2D eigenvalue weighted by atomic mass is 32.2. The van der Waals surface area contributed by atoms with Gasteiger partial charge in [0.1, 0.15) is 11.5 Å². The van der Waals surface area contributed by atoms with Gasteiger partial charge in [-0.25, -0.2) is 13.2 Å². The van der Waals surface area contributed by atoms with Crippen LogP contribution in [0.2, 0.25) is 0 Å². The van der Waals surface area contributed by atoms with Crippen molar-refractivity contribution in [2.75, 3.05) is 25.2 Å². The van der Waals surface area contributed by atoms with Gasteiger partial charge in [-0.05, 0) is 51.5 Å². The summed E-state index contributed by atoms with van der Waals surface area (Å²) >= 11 is 0. The lowest BCUT2D eigenvalue weighted by molar-refractivity contribution is -0.165. The first-order valence-electron chi connectivity index (χ1n) is 9.19. The molecule has 156 valence electrons. The lowest BCUT2D eigenvalue weighted by atomic mass is 10.2. The molecule has 1 heterocycles. The second-order valence-electron chi connectivity index (χ2n) is 6.70. The van der Waals surface area contributed by atoms with Crippen LogP contribution < -0.4 is 9.47 Å². The predicted molar refractivity (Wildman–Crippen MR) is 103 cm³/mol. The van der Waals surface area contributed by atoms with Crippen LogP contribution in [0.4, 0.5) is 0 Å². The summed E-state index contributed by atoms with van der Waals surface area (Å²) in [7, 11) is -1.57. The topological polar surface area (TPSA) is 99.2 Å². The van der Waals surface area contributed by atoms with Gasteiger partial charge in [-0.3, -0.25) is 4.79 Å². The molecule has 1 aliphatic rings. The summed E-state index contributed by atoms with van der Waals surface area (Å²) in [4.78, 5) is 26.4. The SMILES string of the molecule is CCN(C(=O)C(C)OC(=O)C(C)Oc1ccc(OC)cc1)C1CCS(=O)(=O)C1. The molecule has 1 saturated heterocycles. The van der Waals surface area contributed by atoms with Crippen LogP contribution in [0, 0.1) is 0 Å². The summed E-state index contributed by atoms with van der Waals surface area (Å²) < 4.78 is 39.2. The number of rotatable bonds is 8. The Morgan fingerprint density at radius 3 is 2.25 bits per heavy atom. The van der Waals surface area contributed by atoms with E-state index < -0.39 is 33.9 Å². The molecule has 0 N–H and O–H groups in total. The highest BCUT2D eigenvalue weighted by Crippen LogP contribution is 2.20. The number of sulfone groups is 1. The fourth-order valence-corrected chi connectivity index (χ4v) is 4.81. The molecule has 3 atom stereocenters. The van der Waals surface area contributed by atoms with Gasteiger partial charge >= 0.3 is 5.97 Å². The second-order valence-corrected chi connectivity index (χ2v) is 8.92. The summed E-state index contributed by atoms with van der Waals surface area (Å²) in [5, 5.41) is 0. The number of methoxy groups -OCH3 is 1. The Hall–Kier alpha value is -2.29. The van der Waals surface area contributed by atoms with Crippen molar-refractivity contribution in [2.45, 2.75) is 45.4 Å². The van der Waals surface area contributed by atoms with E-state index in [1.807, 2.05) is 0 Å². The number of nitrogens with zero attached hydrogens (tertiary/aromatic N) is 1. The summed E-state index contributed by atoms with van der Waals surface area (Å²) in [5.74, 6) is 0.0689. The first kappa shape index (κ1) is 22.0. The molecule has 0 radical (unpaired) electrons. The van der Waals surface area contributed by atoms with Gasteiger partial charge in [-0.15, -0.1) is 0 Å². The Kier molecular flexibility index (Phi) is 7.29. The van der Waals surface area contributed by atoms with Crippen LogP contribution in [-0.4, -0.2) is 68.6 Å². The minimum atomic E-state index is -3.12. The molecule has 1 aliphatic heterocycles. The van der Waals surface area contributed by atoms with Crippen LogP contribution in [0.5, 0.6) is 11.5 Å². The van der Waals surface area contributed by atoms with Crippen molar-refractivity contribution in [2.24, 2.45) is 0 Å². The molecule has 0 spiro atoms. The molecule has 1 aromatic rings. The Bertz CT molecular complexity index is 791. The summed E-state index contributed by atoms with van der Waals surface area (Å²) in [5.41, 5.74) is 0. The molecule has 9 heteroatoms. The summed E-state index contributed by atoms with van der Waals surface area (Å²) in [6.07, 6.45) is -1.54. The maximum atomic E-state index is 12.7. The number of esters is 1. The first-order valence-corrected chi connectivity index (χ1v) is 11.0. The number of benzene rings is 1. The minimum Gasteiger partial charge on any atom is -0.497 e. The smallest absolute Gasteiger partial charge is 0.347 e. The third-order valence-corrected chi connectivity index (χ3v) is 6.37. The molecule has 0 saturated carbocycles. The fourth-order valence-electron chi connectivity index (χ4n) is 3.08. The van der Waals surface area contributed by atoms with Crippen molar-refractivity contribution in [3.63, 3.8) is 0 Å². The standard InChI is InChI=1S/C19H27NO7S/c1-5-20(15-10-11-28(23,24)12-15)18(21)13(2)27-19(22)14(3)26-17-8-6-16(25-4)7-9-17/h6-9,13-15H,5,10-12H2,1-4H3. The van der Waals surface area contributed by atoms with Crippen molar-refractivity contribution in [3.8, 4) is 11.5 Å². The Morgan fingerprint density at radius 2 is 1.75 bits per heavy atom. The van der Waals surface area contributed by atoms with Crippen LogP contribution in [0.3, 0.4) is 0 Å². The number of amides is 1. The molecule has 2 rings (SSSR count). The van der Waals surface area contributed by atoms with E-state index in [1.165, 1.54) is 18.7 Å². The van der Waals surface area contributed by atoms with Crippen LogP contribution in [0.1, 0.15) is 27.2 Å². The van der Waals surface area contributed by atoms with Crippen molar-refractivity contribution >= 4 is 21.7 Å². The van der Waals surface area contributed by atoms with E-state index in [1.54, 1.807) is 38.3 Å². The maximum absolute atomic E-state index is 12.7. The van der Waals surface area contributed by atoms with Crippen molar-refractivity contribution in [3.05, 3.63) is 24.3 Å². The van der Waals surface area contributed by atoms with E-state index in [9.17, 15) is 18.0 Å². The molecule has 28 heavy (non-hydrogen) atoms. The van der Waals surface area contributed by atoms with E-state index in [0.717, 1.165) is 0 Å². The van der Waals surface area contributed by atoms with Crippen molar-refractivity contribution in [1.82, 2.24) is 4.90 Å². The number of hydrogen-bond donors (Lipinski definition) is 0. The largest absolute Gasteiger partial charge is 0.497 e. The molecule has 0 aliphatic carbocycles. The molecule has 1 amide bonds. The Labute approximate surface area is 165 Å². The van der Waals surface area contributed by atoms with Gasteiger partial charge in [0.05, 0.1) is 18.6 Å². The number of ether oxygens (including phenoxy) is 3. The van der Waals surface area contributed by atoms with Gasteiger partial charge in [0.25, 0.3) is 5.91 Å². The lowest BCUT2D eigenvalue weighted by Gasteiger charge is -2.29. The molecule has 8 nitrogen and oxygen atoms in total. The second kappa shape index (κ2) is 9.27. The lowest BCUT2D eigenvalue weighted by Crippen LogP contribution is -2.47. The zero-order chi connectivity index (χ0) is 20.9. The van der Waals surface area contributed by atoms with Gasteiger partial charge in [-0.1, -0.05) is 0 Å². The van der Waals surface area contributed by atoms with Gasteiger partial charge in [0.15, 0.2) is 22.0 Å². The average molecular weight is 413 g/mol. The molecule has 1 fully saturated rings. The molecule has 3 unspecified atom stereocenters. The highest BCUT2D eigenvalue weighted by Gasteiger charge is 2.36. The highest BCUT2D eigenvalue weighted by molar-refractivity contribution is 7.91. The van der Waals surface area contributed by atoms with Gasteiger partial charge in [0, 0.05) is 12.6 Å². The molecule has 0 aromatic heterocycles. The van der Waals surface area contributed by atoms with Crippen LogP contribution in [0.15, 0.2) is 24.3 Å². The van der Waals surface area contributed by atoms with Crippen LogP contribution in [0.25, 0.3) is 0 Å². The average Bonchev–Trinajstić information content (AvgIpc) is 3.02. The zero-order valence-corrected chi connectivity index (χ0v) is 17.4. The monoisotopic (exact) mass is 413 g/mol. The van der Waals surface area contributed by atoms with E-state index in [0.29, 0.717) is 24.5 Å². The number of likely N-dealkylation sites (N-methyl/N-ethyl adjacent to an activating group) is 1. The Morgan fingerprint density at radius 1 is 1.14 bits per heavy atom. The molecule has 0 bridgehead atoms. The molecule has 1 aromatic carbocycles. The van der Waals surface area contributed by atoms with E-state index >= 15 is 0 Å². The summed E-state index contributed by atoms with van der Waals surface area (Å²) in [6, 6.07) is 6.35. The normalized spacial score (nSPS) is 20.1. The van der Waals surface area contributed by atoms with Gasteiger partial charge < -0.3 is 19.1 Å². The first-order chi connectivity index (χ1) is 13.2. The minimum absolute atomic E-state index is 0.0514. The zero-order valence-electron chi connectivity index (χ0n) is 16.6.